The van der Waals surface area contributed by atoms with E-state index in [1.54, 1.807) is 0 Å². The summed E-state index contributed by atoms with van der Waals surface area (Å²) in [5.74, 6) is 1.96. The van der Waals surface area contributed by atoms with Gasteiger partial charge in [-0.3, -0.25) is 0 Å². The van der Waals surface area contributed by atoms with Crippen molar-refractivity contribution in [2.45, 2.75) is 65.3 Å². The van der Waals surface area contributed by atoms with Gasteiger partial charge in [0.2, 0.25) is 0 Å². The van der Waals surface area contributed by atoms with Crippen molar-refractivity contribution in [3.8, 4) is 0 Å². The maximum Gasteiger partial charge on any atom is 0.00722 e. The number of nitrogens with one attached hydrogen (secondary N) is 1. The standard InChI is InChI=1S/C13H27N/c1-4-8-14-13(9-11(3)5-2)10-12-6-7-12/h11-14H,4-10H2,1-3H3. The fourth-order valence-electron chi connectivity index (χ4n) is 2.02. The normalized spacial score (nSPS) is 20.8. The summed E-state index contributed by atoms with van der Waals surface area (Å²) in [6.45, 7) is 8.14. The zero-order valence-corrected chi connectivity index (χ0v) is 10.2. The molecule has 0 aromatic rings. The fourth-order valence-corrected chi connectivity index (χ4v) is 2.02. The first-order valence-electron chi connectivity index (χ1n) is 6.49. The molecule has 0 spiro atoms. The third-order valence-corrected chi connectivity index (χ3v) is 3.38. The summed E-state index contributed by atoms with van der Waals surface area (Å²) in [6.07, 6.45) is 8.39. The molecule has 1 aliphatic carbocycles. The molecule has 0 amide bonds. The van der Waals surface area contributed by atoms with Gasteiger partial charge < -0.3 is 5.32 Å². The van der Waals surface area contributed by atoms with Crippen LogP contribution in [0.4, 0.5) is 0 Å². The Labute approximate surface area is 89.7 Å². The Hall–Kier alpha value is -0.0400. The average molecular weight is 197 g/mol. The van der Waals surface area contributed by atoms with E-state index in [2.05, 4.69) is 26.1 Å². The van der Waals surface area contributed by atoms with Crippen LogP contribution in [0.2, 0.25) is 0 Å². The second kappa shape index (κ2) is 6.44. The van der Waals surface area contributed by atoms with E-state index < -0.39 is 0 Å². The van der Waals surface area contributed by atoms with Crippen LogP contribution in [0.25, 0.3) is 0 Å². The van der Waals surface area contributed by atoms with Crippen LogP contribution in [-0.2, 0) is 0 Å². The SMILES string of the molecule is CCCNC(CC(C)CC)CC1CC1. The molecule has 84 valence electrons. The highest BCUT2D eigenvalue weighted by Crippen LogP contribution is 2.34. The molecule has 0 radical (unpaired) electrons. The first-order valence-corrected chi connectivity index (χ1v) is 6.49. The van der Waals surface area contributed by atoms with Crippen LogP contribution in [0.5, 0.6) is 0 Å². The molecular formula is C13H27N. The first kappa shape index (κ1) is 12.0. The molecular weight excluding hydrogens is 170 g/mol. The van der Waals surface area contributed by atoms with Gasteiger partial charge in [0, 0.05) is 6.04 Å². The molecule has 1 saturated carbocycles. The van der Waals surface area contributed by atoms with E-state index in [9.17, 15) is 0 Å². The monoisotopic (exact) mass is 197 g/mol. The number of rotatable bonds is 8. The summed E-state index contributed by atoms with van der Waals surface area (Å²) in [7, 11) is 0. The van der Waals surface area contributed by atoms with Crippen molar-refractivity contribution in [2.24, 2.45) is 11.8 Å². The van der Waals surface area contributed by atoms with E-state index in [1.165, 1.54) is 45.1 Å². The second-order valence-corrected chi connectivity index (χ2v) is 5.08. The number of hydrogen-bond acceptors (Lipinski definition) is 1. The van der Waals surface area contributed by atoms with Crippen LogP contribution in [0, 0.1) is 11.8 Å². The van der Waals surface area contributed by atoms with E-state index in [4.69, 9.17) is 0 Å². The highest BCUT2D eigenvalue weighted by Gasteiger charge is 2.25. The molecule has 1 heteroatoms. The van der Waals surface area contributed by atoms with E-state index >= 15 is 0 Å². The van der Waals surface area contributed by atoms with E-state index in [-0.39, 0.29) is 0 Å². The minimum Gasteiger partial charge on any atom is -0.314 e. The van der Waals surface area contributed by atoms with Crippen LogP contribution >= 0.6 is 0 Å². The van der Waals surface area contributed by atoms with Gasteiger partial charge in [-0.25, -0.2) is 0 Å². The van der Waals surface area contributed by atoms with Crippen LogP contribution in [0.3, 0.4) is 0 Å². The van der Waals surface area contributed by atoms with Gasteiger partial charge in [-0.15, -0.1) is 0 Å². The van der Waals surface area contributed by atoms with Gasteiger partial charge in [0.25, 0.3) is 0 Å². The second-order valence-electron chi connectivity index (χ2n) is 5.08. The van der Waals surface area contributed by atoms with Crippen molar-refractivity contribution in [3.63, 3.8) is 0 Å². The minimum atomic E-state index is 0.803. The molecule has 0 aromatic heterocycles. The molecule has 14 heavy (non-hydrogen) atoms. The van der Waals surface area contributed by atoms with Crippen LogP contribution < -0.4 is 5.32 Å². The first-order chi connectivity index (χ1) is 6.76. The summed E-state index contributed by atoms with van der Waals surface area (Å²) in [4.78, 5) is 0. The minimum absolute atomic E-state index is 0.803. The summed E-state index contributed by atoms with van der Waals surface area (Å²) in [5.41, 5.74) is 0. The van der Waals surface area contributed by atoms with Crippen molar-refractivity contribution < 1.29 is 0 Å². The van der Waals surface area contributed by atoms with Gasteiger partial charge in [0.1, 0.15) is 0 Å². The molecule has 1 nitrogen and oxygen atoms in total. The van der Waals surface area contributed by atoms with Crippen molar-refractivity contribution in [1.82, 2.24) is 5.32 Å². The molecule has 0 aliphatic heterocycles. The molecule has 1 rings (SSSR count). The summed E-state index contributed by atoms with van der Waals surface area (Å²) in [5, 5.41) is 3.71. The fraction of sp³-hybridized carbons (Fsp3) is 1.00. The molecule has 1 N–H and O–H groups in total. The smallest absolute Gasteiger partial charge is 0.00722 e. The van der Waals surface area contributed by atoms with Gasteiger partial charge in [-0.1, -0.05) is 40.0 Å². The molecule has 1 fully saturated rings. The van der Waals surface area contributed by atoms with E-state index in [0.717, 1.165) is 17.9 Å². The Kier molecular flexibility index (Phi) is 5.54. The molecule has 2 atom stereocenters. The third-order valence-electron chi connectivity index (χ3n) is 3.38. The molecule has 0 aromatic carbocycles. The topological polar surface area (TPSA) is 12.0 Å². The maximum absolute atomic E-state index is 3.71. The van der Waals surface area contributed by atoms with Crippen LogP contribution in [-0.4, -0.2) is 12.6 Å². The number of hydrogen-bond donors (Lipinski definition) is 1. The lowest BCUT2D eigenvalue weighted by Gasteiger charge is -2.21. The van der Waals surface area contributed by atoms with Gasteiger partial charge >= 0.3 is 0 Å². The summed E-state index contributed by atoms with van der Waals surface area (Å²) in [6, 6.07) is 0.803. The molecule has 0 saturated heterocycles. The Balaban J connectivity index is 2.19. The zero-order valence-electron chi connectivity index (χ0n) is 10.2. The predicted octanol–water partition coefficient (Wildman–Crippen LogP) is 3.59. The molecule has 1 aliphatic rings. The quantitative estimate of drug-likeness (QED) is 0.627. The molecule has 0 heterocycles. The predicted molar refractivity (Wildman–Crippen MR) is 63.5 cm³/mol. The van der Waals surface area contributed by atoms with Crippen LogP contribution in [0.15, 0.2) is 0 Å². The highest BCUT2D eigenvalue weighted by atomic mass is 14.9. The van der Waals surface area contributed by atoms with Gasteiger partial charge in [0.15, 0.2) is 0 Å². The van der Waals surface area contributed by atoms with Crippen molar-refractivity contribution >= 4 is 0 Å². The summed E-state index contributed by atoms with van der Waals surface area (Å²) < 4.78 is 0. The maximum atomic E-state index is 3.71. The average Bonchev–Trinajstić information content (AvgIpc) is 2.97. The summed E-state index contributed by atoms with van der Waals surface area (Å²) >= 11 is 0. The third kappa shape index (κ3) is 4.99. The Morgan fingerprint density at radius 1 is 1.29 bits per heavy atom. The van der Waals surface area contributed by atoms with E-state index in [1.807, 2.05) is 0 Å². The van der Waals surface area contributed by atoms with Crippen LogP contribution in [0.1, 0.15) is 59.3 Å². The highest BCUT2D eigenvalue weighted by molar-refractivity contribution is 4.81. The van der Waals surface area contributed by atoms with Crippen molar-refractivity contribution in [1.29, 1.82) is 0 Å². The largest absolute Gasteiger partial charge is 0.314 e. The molecule has 2 unspecified atom stereocenters. The Bertz CT molecular complexity index is 140. The van der Waals surface area contributed by atoms with Gasteiger partial charge in [0.05, 0.1) is 0 Å². The van der Waals surface area contributed by atoms with E-state index in [0.29, 0.717) is 0 Å². The lowest BCUT2D eigenvalue weighted by Crippen LogP contribution is -2.31. The lowest BCUT2D eigenvalue weighted by atomic mass is 9.96. The van der Waals surface area contributed by atoms with Gasteiger partial charge in [-0.05, 0) is 37.6 Å². The van der Waals surface area contributed by atoms with Crippen molar-refractivity contribution in [2.75, 3.05) is 6.54 Å². The Morgan fingerprint density at radius 3 is 2.50 bits per heavy atom. The van der Waals surface area contributed by atoms with Crippen molar-refractivity contribution in [3.05, 3.63) is 0 Å². The zero-order chi connectivity index (χ0) is 10.4. The molecule has 0 bridgehead atoms. The Morgan fingerprint density at radius 2 is 2.00 bits per heavy atom. The lowest BCUT2D eigenvalue weighted by molar-refractivity contribution is 0.365. The van der Waals surface area contributed by atoms with Gasteiger partial charge in [-0.2, -0.15) is 0 Å².